The van der Waals surface area contributed by atoms with Gasteiger partial charge < -0.3 is 10.6 Å². The molecule has 0 bridgehead atoms. The quantitative estimate of drug-likeness (QED) is 0.641. The Bertz CT molecular complexity index is 965. The van der Waals surface area contributed by atoms with Crippen LogP contribution in [0.1, 0.15) is 27.8 Å². The lowest BCUT2D eigenvalue weighted by atomic mass is 10.1. The number of nitrogens with one attached hydrogen (secondary N) is 2. The lowest BCUT2D eigenvalue weighted by Crippen LogP contribution is -2.06. The van der Waals surface area contributed by atoms with Gasteiger partial charge in [-0.05, 0) is 63.1 Å². The summed E-state index contributed by atoms with van der Waals surface area (Å²) in [6.45, 7) is 8.04. The molecule has 0 fully saturated rings. The minimum Gasteiger partial charge on any atom is -0.340 e. The van der Waals surface area contributed by atoms with Crippen molar-refractivity contribution >= 4 is 23.0 Å². The number of aryl methyl sites for hydroxylation is 2. The average Bonchev–Trinajstić information content (AvgIpc) is 2.63. The van der Waals surface area contributed by atoms with Crippen molar-refractivity contribution in [2.24, 2.45) is 0 Å². The molecule has 1 aromatic heterocycles. The van der Waals surface area contributed by atoms with Crippen molar-refractivity contribution in [2.75, 3.05) is 10.6 Å². The monoisotopic (exact) mass is 342 g/mol. The molecule has 0 saturated carbocycles. The predicted octanol–water partition coefficient (Wildman–Crippen LogP) is 5.67. The van der Waals surface area contributed by atoms with Crippen molar-refractivity contribution < 1.29 is 0 Å². The van der Waals surface area contributed by atoms with Crippen molar-refractivity contribution in [3.05, 3.63) is 76.3 Å². The zero-order valence-corrected chi connectivity index (χ0v) is 15.5. The molecule has 130 valence electrons. The average molecular weight is 342 g/mol. The maximum atomic E-state index is 9.61. The second-order valence-corrected chi connectivity index (χ2v) is 6.53. The van der Waals surface area contributed by atoms with Gasteiger partial charge in [-0.25, -0.2) is 4.98 Å². The van der Waals surface area contributed by atoms with Crippen molar-refractivity contribution in [2.45, 2.75) is 27.7 Å². The minimum absolute atomic E-state index is 0.564. The van der Waals surface area contributed by atoms with Gasteiger partial charge in [-0.15, -0.1) is 0 Å². The van der Waals surface area contributed by atoms with E-state index in [2.05, 4.69) is 35.8 Å². The highest BCUT2D eigenvalue weighted by atomic mass is 15.1. The van der Waals surface area contributed by atoms with E-state index in [0.29, 0.717) is 11.4 Å². The molecule has 1 heterocycles. The van der Waals surface area contributed by atoms with Gasteiger partial charge >= 0.3 is 0 Å². The molecule has 26 heavy (non-hydrogen) atoms. The number of rotatable bonds is 4. The maximum Gasteiger partial charge on any atom is 0.151 e. The fraction of sp³-hybridized carbons (Fsp3) is 0.182. The first-order valence-electron chi connectivity index (χ1n) is 8.56. The van der Waals surface area contributed by atoms with Crippen LogP contribution in [0, 0.1) is 39.0 Å². The van der Waals surface area contributed by atoms with Gasteiger partial charge in [-0.3, -0.25) is 0 Å². The molecule has 4 heteroatoms. The molecule has 2 N–H and O–H groups in total. The molecule has 4 nitrogen and oxygen atoms in total. The van der Waals surface area contributed by atoms with Crippen LogP contribution < -0.4 is 10.6 Å². The third-order valence-corrected chi connectivity index (χ3v) is 4.49. The molecule has 3 rings (SSSR count). The molecule has 0 aliphatic rings. The molecule has 3 aromatic rings. The van der Waals surface area contributed by atoms with E-state index in [1.54, 1.807) is 0 Å². The number of nitrogens with zero attached hydrogens (tertiary/aromatic N) is 2. The van der Waals surface area contributed by atoms with Crippen LogP contribution >= 0.6 is 0 Å². The molecule has 0 saturated heterocycles. The van der Waals surface area contributed by atoms with Crippen LogP contribution in [0.4, 0.5) is 23.0 Å². The van der Waals surface area contributed by atoms with Crippen molar-refractivity contribution in [1.82, 2.24) is 4.98 Å². The topological polar surface area (TPSA) is 60.7 Å². The van der Waals surface area contributed by atoms with Crippen LogP contribution in [0.15, 0.2) is 48.5 Å². The van der Waals surface area contributed by atoms with Crippen molar-refractivity contribution in [1.29, 1.82) is 5.26 Å². The molecule has 0 radical (unpaired) electrons. The van der Waals surface area contributed by atoms with E-state index in [4.69, 9.17) is 4.98 Å². The van der Waals surface area contributed by atoms with Gasteiger partial charge in [0.05, 0.1) is 5.56 Å². The van der Waals surface area contributed by atoms with Crippen LogP contribution in [0.3, 0.4) is 0 Å². The lowest BCUT2D eigenvalue weighted by Gasteiger charge is -2.16. The molecule has 0 atom stereocenters. The lowest BCUT2D eigenvalue weighted by molar-refractivity contribution is 1.19. The Balaban J connectivity index is 2.00. The number of hydrogen-bond acceptors (Lipinski definition) is 4. The molecule has 0 spiro atoms. The number of anilines is 4. The molecule has 0 unspecified atom stereocenters. The number of pyridine rings is 1. The van der Waals surface area contributed by atoms with E-state index >= 15 is 0 Å². The zero-order valence-electron chi connectivity index (χ0n) is 15.5. The van der Waals surface area contributed by atoms with Gasteiger partial charge in [-0.1, -0.05) is 35.4 Å². The fourth-order valence-electron chi connectivity index (χ4n) is 2.69. The highest BCUT2D eigenvalue weighted by Crippen LogP contribution is 2.29. The molecule has 0 aliphatic carbocycles. The number of nitriles is 1. The van der Waals surface area contributed by atoms with Gasteiger partial charge in [0.15, 0.2) is 5.82 Å². The summed E-state index contributed by atoms with van der Waals surface area (Å²) in [4.78, 5) is 4.69. The Morgan fingerprint density at radius 1 is 0.692 bits per heavy atom. The van der Waals surface area contributed by atoms with E-state index in [0.717, 1.165) is 28.3 Å². The van der Waals surface area contributed by atoms with Crippen LogP contribution in [-0.4, -0.2) is 4.98 Å². The number of benzene rings is 2. The smallest absolute Gasteiger partial charge is 0.151 e. The van der Waals surface area contributed by atoms with E-state index < -0.39 is 0 Å². The van der Waals surface area contributed by atoms with Gasteiger partial charge in [-0.2, -0.15) is 5.26 Å². The van der Waals surface area contributed by atoms with E-state index in [1.807, 2.05) is 57.2 Å². The normalized spacial score (nSPS) is 10.3. The van der Waals surface area contributed by atoms with Crippen LogP contribution in [0.2, 0.25) is 0 Å². The Kier molecular flexibility index (Phi) is 4.90. The minimum atomic E-state index is 0.564. The number of aromatic nitrogens is 1. The first kappa shape index (κ1) is 17.5. The second-order valence-electron chi connectivity index (χ2n) is 6.53. The predicted molar refractivity (Wildman–Crippen MR) is 107 cm³/mol. The van der Waals surface area contributed by atoms with Crippen LogP contribution in [-0.2, 0) is 0 Å². The third kappa shape index (κ3) is 3.68. The SMILES string of the molecule is Cc1ccc(Nc2nc(Nc3ccc(C)cc3)c(C#N)c(C)c2C)cc1. The van der Waals surface area contributed by atoms with Crippen molar-refractivity contribution in [3.8, 4) is 6.07 Å². The standard InChI is InChI=1S/C22H22N4/c1-14-5-9-18(10-6-14)24-21-17(4)16(3)20(13-23)22(26-21)25-19-11-7-15(2)8-12-19/h5-12H,1-4H3,(H2,24,25,26). The van der Waals surface area contributed by atoms with E-state index in [-0.39, 0.29) is 0 Å². The van der Waals surface area contributed by atoms with Gasteiger partial charge in [0, 0.05) is 11.4 Å². The Morgan fingerprint density at radius 2 is 1.15 bits per heavy atom. The Hall–Kier alpha value is -3.32. The van der Waals surface area contributed by atoms with Crippen molar-refractivity contribution in [3.63, 3.8) is 0 Å². The van der Waals surface area contributed by atoms with Gasteiger partial charge in [0.25, 0.3) is 0 Å². The molecular weight excluding hydrogens is 320 g/mol. The summed E-state index contributed by atoms with van der Waals surface area (Å²) in [5.41, 5.74) is 6.73. The molecule has 2 aromatic carbocycles. The maximum absolute atomic E-state index is 9.61. The highest BCUT2D eigenvalue weighted by molar-refractivity contribution is 5.72. The summed E-state index contributed by atoms with van der Waals surface area (Å²) in [6.07, 6.45) is 0. The summed E-state index contributed by atoms with van der Waals surface area (Å²) >= 11 is 0. The summed E-state index contributed by atoms with van der Waals surface area (Å²) in [5.74, 6) is 1.31. The molecule has 0 aliphatic heterocycles. The molecular formula is C22H22N4. The van der Waals surface area contributed by atoms with E-state index in [1.165, 1.54) is 11.1 Å². The third-order valence-electron chi connectivity index (χ3n) is 4.49. The summed E-state index contributed by atoms with van der Waals surface area (Å²) in [7, 11) is 0. The highest BCUT2D eigenvalue weighted by Gasteiger charge is 2.15. The Labute approximate surface area is 154 Å². The largest absolute Gasteiger partial charge is 0.340 e. The summed E-state index contributed by atoms with van der Waals surface area (Å²) in [5, 5.41) is 16.3. The zero-order chi connectivity index (χ0) is 18.7. The van der Waals surface area contributed by atoms with Gasteiger partial charge in [0.2, 0.25) is 0 Å². The first-order valence-corrected chi connectivity index (χ1v) is 8.56. The fourth-order valence-corrected chi connectivity index (χ4v) is 2.69. The molecule has 0 amide bonds. The van der Waals surface area contributed by atoms with Crippen LogP contribution in [0.25, 0.3) is 0 Å². The first-order chi connectivity index (χ1) is 12.5. The van der Waals surface area contributed by atoms with Crippen LogP contribution in [0.5, 0.6) is 0 Å². The summed E-state index contributed by atoms with van der Waals surface area (Å²) in [6, 6.07) is 18.5. The second kappa shape index (κ2) is 7.28. The Morgan fingerprint density at radius 3 is 1.62 bits per heavy atom. The summed E-state index contributed by atoms with van der Waals surface area (Å²) < 4.78 is 0. The van der Waals surface area contributed by atoms with Gasteiger partial charge in [0.1, 0.15) is 11.9 Å². The number of hydrogen-bond donors (Lipinski definition) is 2. The van der Waals surface area contributed by atoms with E-state index in [9.17, 15) is 5.26 Å².